The fourth-order valence-electron chi connectivity index (χ4n) is 2.58. The molecule has 5 heteroatoms. The second-order valence-electron chi connectivity index (χ2n) is 6.10. The molecule has 0 aliphatic carbocycles. The van der Waals surface area contributed by atoms with Crippen LogP contribution in [0.2, 0.25) is 5.02 Å². The second-order valence-corrected chi connectivity index (χ2v) is 6.54. The van der Waals surface area contributed by atoms with Crippen molar-refractivity contribution in [1.29, 1.82) is 0 Å². The fraction of sp³-hybridized carbons (Fsp3) is 0.263. The van der Waals surface area contributed by atoms with Crippen LogP contribution in [-0.2, 0) is 17.9 Å². The van der Waals surface area contributed by atoms with E-state index in [1.54, 1.807) is 0 Å². The van der Waals surface area contributed by atoms with Crippen molar-refractivity contribution in [3.8, 4) is 0 Å². The SMILES string of the molecule is CC(C)C(=O)NCc1nc2ccccc2n1Cc1ccc(Cl)cc1. The summed E-state index contributed by atoms with van der Waals surface area (Å²) in [6.45, 7) is 4.86. The average molecular weight is 342 g/mol. The minimum absolute atomic E-state index is 0.0279. The Hall–Kier alpha value is -2.33. The molecule has 0 saturated heterocycles. The summed E-state index contributed by atoms with van der Waals surface area (Å²) in [6.07, 6.45) is 0. The Morgan fingerprint density at radius 3 is 2.58 bits per heavy atom. The van der Waals surface area contributed by atoms with E-state index in [9.17, 15) is 4.79 Å². The monoisotopic (exact) mass is 341 g/mol. The van der Waals surface area contributed by atoms with Gasteiger partial charge < -0.3 is 9.88 Å². The van der Waals surface area contributed by atoms with Crippen LogP contribution in [-0.4, -0.2) is 15.5 Å². The lowest BCUT2D eigenvalue weighted by atomic mass is 10.2. The lowest BCUT2D eigenvalue weighted by molar-refractivity contribution is -0.124. The van der Waals surface area contributed by atoms with E-state index in [0.29, 0.717) is 13.1 Å². The number of benzene rings is 2. The number of hydrogen-bond donors (Lipinski definition) is 1. The van der Waals surface area contributed by atoms with Crippen LogP contribution in [0, 0.1) is 5.92 Å². The second kappa shape index (κ2) is 7.05. The molecule has 24 heavy (non-hydrogen) atoms. The summed E-state index contributed by atoms with van der Waals surface area (Å²) in [5, 5.41) is 3.67. The number of nitrogens with one attached hydrogen (secondary N) is 1. The van der Waals surface area contributed by atoms with Gasteiger partial charge in [0.25, 0.3) is 0 Å². The van der Waals surface area contributed by atoms with Gasteiger partial charge in [-0.25, -0.2) is 4.98 Å². The van der Waals surface area contributed by atoms with Crippen molar-refractivity contribution in [2.45, 2.75) is 26.9 Å². The van der Waals surface area contributed by atoms with Crippen molar-refractivity contribution in [3.63, 3.8) is 0 Å². The third kappa shape index (κ3) is 3.60. The third-order valence-electron chi connectivity index (χ3n) is 3.93. The molecule has 0 unspecified atom stereocenters. The van der Waals surface area contributed by atoms with Crippen molar-refractivity contribution in [3.05, 3.63) is 64.9 Å². The van der Waals surface area contributed by atoms with Crippen LogP contribution in [0.3, 0.4) is 0 Å². The predicted molar refractivity (Wildman–Crippen MR) is 97.0 cm³/mol. The highest BCUT2D eigenvalue weighted by molar-refractivity contribution is 6.30. The van der Waals surface area contributed by atoms with Gasteiger partial charge >= 0.3 is 0 Å². The molecule has 3 aromatic rings. The fourth-order valence-corrected chi connectivity index (χ4v) is 2.71. The van der Waals surface area contributed by atoms with Gasteiger partial charge in [-0.1, -0.05) is 49.7 Å². The topological polar surface area (TPSA) is 46.9 Å². The number of fused-ring (bicyclic) bond motifs is 1. The molecule has 0 aliphatic rings. The van der Waals surface area contributed by atoms with E-state index >= 15 is 0 Å². The summed E-state index contributed by atoms with van der Waals surface area (Å²) in [5.41, 5.74) is 3.13. The quantitative estimate of drug-likeness (QED) is 0.762. The smallest absolute Gasteiger partial charge is 0.222 e. The minimum Gasteiger partial charge on any atom is -0.349 e. The maximum atomic E-state index is 11.9. The number of carbonyl (C=O) groups is 1. The van der Waals surface area contributed by atoms with Gasteiger partial charge in [-0.2, -0.15) is 0 Å². The van der Waals surface area contributed by atoms with E-state index in [4.69, 9.17) is 11.6 Å². The van der Waals surface area contributed by atoms with Gasteiger partial charge in [0.2, 0.25) is 5.91 Å². The van der Waals surface area contributed by atoms with Crippen LogP contribution in [0.4, 0.5) is 0 Å². The molecule has 124 valence electrons. The molecule has 0 spiro atoms. The summed E-state index contributed by atoms with van der Waals surface area (Å²) in [6, 6.07) is 15.8. The highest BCUT2D eigenvalue weighted by Crippen LogP contribution is 2.19. The molecule has 0 fully saturated rings. The first-order chi connectivity index (χ1) is 11.5. The van der Waals surface area contributed by atoms with Crippen molar-refractivity contribution < 1.29 is 4.79 Å². The van der Waals surface area contributed by atoms with Gasteiger partial charge in [-0.15, -0.1) is 0 Å². The number of halogens is 1. The van der Waals surface area contributed by atoms with Crippen LogP contribution < -0.4 is 5.32 Å². The Morgan fingerprint density at radius 2 is 1.88 bits per heavy atom. The third-order valence-corrected chi connectivity index (χ3v) is 4.18. The number of nitrogens with zero attached hydrogens (tertiary/aromatic N) is 2. The summed E-state index contributed by atoms with van der Waals surface area (Å²) in [5.74, 6) is 0.833. The van der Waals surface area contributed by atoms with Gasteiger partial charge in [-0.05, 0) is 29.8 Å². The zero-order valence-electron chi connectivity index (χ0n) is 13.8. The van der Waals surface area contributed by atoms with Crippen LogP contribution in [0.15, 0.2) is 48.5 Å². The molecule has 1 amide bonds. The number of para-hydroxylation sites is 2. The highest BCUT2D eigenvalue weighted by atomic mass is 35.5. The summed E-state index contributed by atoms with van der Waals surface area (Å²) in [7, 11) is 0. The molecule has 4 nitrogen and oxygen atoms in total. The van der Waals surface area contributed by atoms with Gasteiger partial charge in [0.1, 0.15) is 5.82 Å². The van der Waals surface area contributed by atoms with Gasteiger partial charge in [0.05, 0.1) is 17.6 Å². The number of amides is 1. The number of aromatic nitrogens is 2. The van der Waals surface area contributed by atoms with E-state index in [1.807, 2.05) is 62.4 Å². The largest absolute Gasteiger partial charge is 0.349 e. The number of imidazole rings is 1. The zero-order valence-corrected chi connectivity index (χ0v) is 14.5. The van der Waals surface area contributed by atoms with E-state index in [1.165, 1.54) is 0 Å². The van der Waals surface area contributed by atoms with Crippen LogP contribution in [0.1, 0.15) is 25.2 Å². The number of rotatable bonds is 5. The van der Waals surface area contributed by atoms with Crippen LogP contribution in [0.25, 0.3) is 11.0 Å². The maximum Gasteiger partial charge on any atom is 0.222 e. The highest BCUT2D eigenvalue weighted by Gasteiger charge is 2.13. The number of carbonyl (C=O) groups excluding carboxylic acids is 1. The Morgan fingerprint density at radius 1 is 1.17 bits per heavy atom. The van der Waals surface area contributed by atoms with Gasteiger partial charge in [0, 0.05) is 17.5 Å². The lowest BCUT2D eigenvalue weighted by Crippen LogP contribution is -2.28. The molecular weight excluding hydrogens is 322 g/mol. The molecule has 1 heterocycles. The Bertz CT molecular complexity index is 853. The molecular formula is C19H20ClN3O. The molecule has 0 aliphatic heterocycles. The van der Waals surface area contributed by atoms with E-state index in [2.05, 4.69) is 14.9 Å². The molecule has 0 atom stereocenters. The van der Waals surface area contributed by atoms with E-state index < -0.39 is 0 Å². The summed E-state index contributed by atoms with van der Waals surface area (Å²) in [4.78, 5) is 16.6. The molecule has 2 aromatic carbocycles. The predicted octanol–water partition coefficient (Wildman–Crippen LogP) is 4.01. The van der Waals surface area contributed by atoms with E-state index in [-0.39, 0.29) is 11.8 Å². The molecule has 1 aromatic heterocycles. The van der Waals surface area contributed by atoms with Crippen molar-refractivity contribution in [2.24, 2.45) is 5.92 Å². The van der Waals surface area contributed by atoms with E-state index in [0.717, 1.165) is 27.4 Å². The van der Waals surface area contributed by atoms with Crippen molar-refractivity contribution in [2.75, 3.05) is 0 Å². The zero-order chi connectivity index (χ0) is 17.1. The first-order valence-corrected chi connectivity index (χ1v) is 8.38. The molecule has 0 bridgehead atoms. The first-order valence-electron chi connectivity index (χ1n) is 8.01. The van der Waals surface area contributed by atoms with Crippen LogP contribution >= 0.6 is 11.6 Å². The average Bonchev–Trinajstić information content (AvgIpc) is 2.92. The first kappa shape index (κ1) is 16.5. The Labute approximate surface area is 146 Å². The summed E-state index contributed by atoms with van der Waals surface area (Å²) < 4.78 is 2.14. The molecule has 3 rings (SSSR count). The standard InChI is InChI=1S/C19H20ClN3O/c1-13(2)19(24)21-11-18-22-16-5-3-4-6-17(16)23(18)12-14-7-9-15(20)10-8-14/h3-10,13H,11-12H2,1-2H3,(H,21,24). The molecule has 0 radical (unpaired) electrons. The number of hydrogen-bond acceptors (Lipinski definition) is 2. The van der Waals surface area contributed by atoms with Crippen molar-refractivity contribution in [1.82, 2.24) is 14.9 Å². The van der Waals surface area contributed by atoms with Gasteiger partial charge in [-0.3, -0.25) is 4.79 Å². The molecule has 0 saturated carbocycles. The summed E-state index contributed by atoms with van der Waals surface area (Å²) >= 11 is 5.97. The van der Waals surface area contributed by atoms with Crippen molar-refractivity contribution >= 4 is 28.5 Å². The van der Waals surface area contributed by atoms with Crippen LogP contribution in [0.5, 0.6) is 0 Å². The minimum atomic E-state index is -0.0425. The lowest BCUT2D eigenvalue weighted by Gasteiger charge is -2.11. The molecule has 1 N–H and O–H groups in total. The maximum absolute atomic E-state index is 11.9. The van der Waals surface area contributed by atoms with Gasteiger partial charge in [0.15, 0.2) is 0 Å². The Kier molecular flexibility index (Phi) is 4.86. The normalized spacial score (nSPS) is 11.2. The Balaban J connectivity index is 1.92.